The maximum atomic E-state index is 13.5. The van der Waals surface area contributed by atoms with Crippen molar-refractivity contribution in [1.29, 1.82) is 0 Å². The average Bonchev–Trinajstić information content (AvgIpc) is 2.94. The molecular formula is C15H12ClFN4O3. The van der Waals surface area contributed by atoms with Crippen LogP contribution in [0, 0.1) is 5.82 Å². The predicted molar refractivity (Wildman–Crippen MR) is 85.1 cm³/mol. The van der Waals surface area contributed by atoms with Gasteiger partial charge in [-0.1, -0.05) is 11.6 Å². The highest BCUT2D eigenvalue weighted by Crippen LogP contribution is 2.33. The topological polar surface area (TPSA) is 99.8 Å². The number of nitrogens with zero attached hydrogens (tertiary/aromatic N) is 3. The molecule has 0 spiro atoms. The summed E-state index contributed by atoms with van der Waals surface area (Å²) in [5.74, 6) is -1.60. The van der Waals surface area contributed by atoms with Crippen molar-refractivity contribution in [3.8, 4) is 5.75 Å². The fourth-order valence-corrected chi connectivity index (χ4v) is 2.53. The number of phenolic OH excluding ortho intramolecular Hbond substituents is 1. The van der Waals surface area contributed by atoms with E-state index < -0.39 is 17.8 Å². The molecule has 0 fully saturated rings. The Morgan fingerprint density at radius 3 is 2.92 bits per heavy atom. The van der Waals surface area contributed by atoms with Gasteiger partial charge >= 0.3 is 5.97 Å². The van der Waals surface area contributed by atoms with Crippen LogP contribution in [0.2, 0.25) is 5.02 Å². The average molecular weight is 351 g/mol. The zero-order chi connectivity index (χ0) is 17.4. The number of aromatic carboxylic acids is 1. The molecular weight excluding hydrogens is 339 g/mol. The van der Waals surface area contributed by atoms with Crippen molar-refractivity contribution < 1.29 is 19.4 Å². The Balaban J connectivity index is 1.95. The first-order valence-corrected chi connectivity index (χ1v) is 7.26. The molecule has 124 valence electrons. The van der Waals surface area contributed by atoms with Gasteiger partial charge in [-0.25, -0.2) is 18.7 Å². The number of aromatic hydroxyl groups is 1. The molecule has 1 atom stereocenters. The Morgan fingerprint density at radius 2 is 2.21 bits per heavy atom. The normalized spacial score (nSPS) is 12.3. The number of nitrogens with one attached hydrogen (secondary N) is 1. The minimum absolute atomic E-state index is 0.0389. The van der Waals surface area contributed by atoms with E-state index in [0.717, 1.165) is 6.07 Å². The minimum atomic E-state index is -1.14. The van der Waals surface area contributed by atoms with Gasteiger partial charge < -0.3 is 15.5 Å². The van der Waals surface area contributed by atoms with Crippen LogP contribution in [-0.4, -0.2) is 30.8 Å². The SMILES string of the molecule is CC(Nc1ccn2ncc(C(=O)O)c2n1)c1cc(F)cc(Cl)c1O. The number of halogens is 2. The van der Waals surface area contributed by atoms with Gasteiger partial charge in [0.2, 0.25) is 0 Å². The molecule has 0 amide bonds. The fourth-order valence-electron chi connectivity index (χ4n) is 2.32. The van der Waals surface area contributed by atoms with Crippen LogP contribution in [0.25, 0.3) is 5.65 Å². The molecule has 7 nitrogen and oxygen atoms in total. The Labute approximate surface area is 140 Å². The number of hydrogen-bond donors (Lipinski definition) is 3. The summed E-state index contributed by atoms with van der Waals surface area (Å²) in [6.07, 6.45) is 2.75. The van der Waals surface area contributed by atoms with Gasteiger partial charge in [-0.3, -0.25) is 0 Å². The maximum absolute atomic E-state index is 13.5. The number of benzene rings is 1. The van der Waals surface area contributed by atoms with E-state index in [4.69, 9.17) is 16.7 Å². The van der Waals surface area contributed by atoms with E-state index in [1.165, 1.54) is 16.8 Å². The third kappa shape index (κ3) is 2.83. The lowest BCUT2D eigenvalue weighted by molar-refractivity contribution is 0.0698. The van der Waals surface area contributed by atoms with Crippen LogP contribution >= 0.6 is 11.6 Å². The summed E-state index contributed by atoms with van der Waals surface area (Å²) in [6, 6.07) is 3.24. The maximum Gasteiger partial charge on any atom is 0.341 e. The monoisotopic (exact) mass is 350 g/mol. The van der Waals surface area contributed by atoms with Crippen LogP contribution in [0.15, 0.2) is 30.6 Å². The zero-order valence-electron chi connectivity index (χ0n) is 12.4. The number of fused-ring (bicyclic) bond motifs is 1. The molecule has 2 heterocycles. The Hall–Kier alpha value is -2.87. The fraction of sp³-hybridized carbons (Fsp3) is 0.133. The van der Waals surface area contributed by atoms with Gasteiger partial charge in [-0.05, 0) is 25.1 Å². The van der Waals surface area contributed by atoms with Crippen molar-refractivity contribution in [2.75, 3.05) is 5.32 Å². The number of hydrogen-bond acceptors (Lipinski definition) is 5. The lowest BCUT2D eigenvalue weighted by Gasteiger charge is -2.17. The van der Waals surface area contributed by atoms with Crippen LogP contribution in [0.3, 0.4) is 0 Å². The van der Waals surface area contributed by atoms with Crippen LogP contribution in [0.1, 0.15) is 28.9 Å². The number of carbonyl (C=O) groups is 1. The summed E-state index contributed by atoms with van der Waals surface area (Å²) in [7, 11) is 0. The molecule has 0 aliphatic heterocycles. The standard InChI is InChI=1S/C15H12ClFN4O3/c1-7(9-4-8(17)5-11(16)13(9)22)19-12-2-3-21-14(20-12)10(6-18-21)15(23)24/h2-7,22H,1H3,(H,19,20)(H,23,24). The molecule has 0 bridgehead atoms. The van der Waals surface area contributed by atoms with Crippen molar-refractivity contribution in [2.45, 2.75) is 13.0 Å². The van der Waals surface area contributed by atoms with Gasteiger partial charge in [0.15, 0.2) is 5.65 Å². The molecule has 24 heavy (non-hydrogen) atoms. The van der Waals surface area contributed by atoms with E-state index in [2.05, 4.69) is 15.4 Å². The van der Waals surface area contributed by atoms with E-state index in [-0.39, 0.29) is 27.5 Å². The highest BCUT2D eigenvalue weighted by atomic mass is 35.5. The molecule has 0 radical (unpaired) electrons. The Morgan fingerprint density at radius 1 is 1.46 bits per heavy atom. The molecule has 0 saturated carbocycles. The second-order valence-corrected chi connectivity index (χ2v) is 5.54. The number of carboxylic acid groups (broad SMARTS) is 1. The van der Waals surface area contributed by atoms with Gasteiger partial charge in [0.1, 0.15) is 22.9 Å². The molecule has 0 aliphatic rings. The summed E-state index contributed by atoms with van der Waals surface area (Å²) < 4.78 is 14.8. The second kappa shape index (κ2) is 5.97. The molecule has 3 aromatic rings. The van der Waals surface area contributed by atoms with Crippen molar-refractivity contribution in [2.24, 2.45) is 0 Å². The molecule has 3 N–H and O–H groups in total. The molecule has 0 saturated heterocycles. The van der Waals surface area contributed by atoms with Crippen molar-refractivity contribution in [3.63, 3.8) is 0 Å². The van der Waals surface area contributed by atoms with Crippen LogP contribution < -0.4 is 5.32 Å². The van der Waals surface area contributed by atoms with Gasteiger partial charge in [0.25, 0.3) is 0 Å². The molecule has 1 unspecified atom stereocenters. The number of aromatic nitrogens is 3. The van der Waals surface area contributed by atoms with E-state index in [9.17, 15) is 14.3 Å². The minimum Gasteiger partial charge on any atom is -0.506 e. The molecule has 3 rings (SSSR count). The second-order valence-electron chi connectivity index (χ2n) is 5.14. The van der Waals surface area contributed by atoms with Crippen molar-refractivity contribution >= 4 is 29.0 Å². The summed E-state index contributed by atoms with van der Waals surface area (Å²) >= 11 is 5.77. The zero-order valence-corrected chi connectivity index (χ0v) is 13.1. The highest BCUT2D eigenvalue weighted by molar-refractivity contribution is 6.32. The van der Waals surface area contributed by atoms with E-state index in [1.807, 2.05) is 0 Å². The van der Waals surface area contributed by atoms with Crippen molar-refractivity contribution in [1.82, 2.24) is 14.6 Å². The van der Waals surface area contributed by atoms with Crippen LogP contribution in [0.5, 0.6) is 5.75 Å². The van der Waals surface area contributed by atoms with Gasteiger partial charge in [0.05, 0.1) is 17.3 Å². The number of phenols is 1. The molecule has 1 aromatic carbocycles. The van der Waals surface area contributed by atoms with E-state index >= 15 is 0 Å². The number of rotatable bonds is 4. The summed E-state index contributed by atoms with van der Waals surface area (Å²) in [5, 5.41) is 25.9. The highest BCUT2D eigenvalue weighted by Gasteiger charge is 2.17. The largest absolute Gasteiger partial charge is 0.506 e. The smallest absolute Gasteiger partial charge is 0.341 e. The Kier molecular flexibility index (Phi) is 3.98. The van der Waals surface area contributed by atoms with Crippen LogP contribution in [-0.2, 0) is 0 Å². The Bertz CT molecular complexity index is 944. The molecule has 9 heteroatoms. The number of carboxylic acids is 1. The lowest BCUT2D eigenvalue weighted by atomic mass is 10.1. The van der Waals surface area contributed by atoms with Gasteiger partial charge in [-0.2, -0.15) is 5.10 Å². The number of anilines is 1. The third-order valence-corrected chi connectivity index (χ3v) is 3.78. The molecule has 2 aromatic heterocycles. The first-order chi connectivity index (χ1) is 11.4. The predicted octanol–water partition coefficient (Wildman–Crippen LogP) is 3.10. The van der Waals surface area contributed by atoms with Crippen molar-refractivity contribution in [3.05, 3.63) is 52.6 Å². The first-order valence-electron chi connectivity index (χ1n) is 6.89. The lowest BCUT2D eigenvalue weighted by Crippen LogP contribution is -2.10. The van der Waals surface area contributed by atoms with E-state index in [1.54, 1.807) is 19.2 Å². The summed E-state index contributed by atoms with van der Waals surface area (Å²) in [5.41, 5.74) is 0.387. The summed E-state index contributed by atoms with van der Waals surface area (Å²) in [6.45, 7) is 1.69. The van der Waals surface area contributed by atoms with E-state index in [0.29, 0.717) is 5.82 Å². The summed E-state index contributed by atoms with van der Waals surface area (Å²) in [4.78, 5) is 15.3. The first kappa shape index (κ1) is 16.0. The molecule has 0 aliphatic carbocycles. The third-order valence-electron chi connectivity index (χ3n) is 3.49. The quantitative estimate of drug-likeness (QED) is 0.668. The van der Waals surface area contributed by atoms with Crippen LogP contribution in [0.4, 0.5) is 10.2 Å². The van der Waals surface area contributed by atoms with Gasteiger partial charge in [0, 0.05) is 11.8 Å². The van der Waals surface area contributed by atoms with Gasteiger partial charge in [-0.15, -0.1) is 0 Å².